The molecule has 154 valence electrons. The summed E-state index contributed by atoms with van der Waals surface area (Å²) in [7, 11) is 0. The summed E-state index contributed by atoms with van der Waals surface area (Å²) in [5.74, 6) is 0.922. The van der Waals surface area contributed by atoms with E-state index in [1.807, 2.05) is 6.07 Å². The molecule has 0 aliphatic carbocycles. The van der Waals surface area contributed by atoms with E-state index in [4.69, 9.17) is 4.98 Å². The molecule has 2 aromatic carbocycles. The minimum Gasteiger partial charge on any atom is -0.350 e. The van der Waals surface area contributed by atoms with E-state index in [9.17, 15) is 5.26 Å². The van der Waals surface area contributed by atoms with Crippen molar-refractivity contribution in [1.82, 2.24) is 9.55 Å². The molecule has 0 spiro atoms. The summed E-state index contributed by atoms with van der Waals surface area (Å²) in [6, 6.07) is 23.8. The Morgan fingerprint density at radius 2 is 1.81 bits per heavy atom. The molecule has 3 heterocycles. The highest BCUT2D eigenvalue weighted by Gasteiger charge is 2.25. The third-order valence-electron chi connectivity index (χ3n) is 6.44. The Morgan fingerprint density at radius 3 is 2.55 bits per heavy atom. The fourth-order valence-electron chi connectivity index (χ4n) is 4.89. The Hall–Kier alpha value is -3.58. The highest BCUT2D eigenvalue weighted by Crippen LogP contribution is 2.36. The number of nitriles is 1. The van der Waals surface area contributed by atoms with Gasteiger partial charge in [-0.1, -0.05) is 61.5 Å². The van der Waals surface area contributed by atoms with Crippen molar-refractivity contribution in [2.75, 3.05) is 11.4 Å². The fourth-order valence-corrected chi connectivity index (χ4v) is 4.89. The largest absolute Gasteiger partial charge is 0.350 e. The van der Waals surface area contributed by atoms with E-state index in [2.05, 4.69) is 90.2 Å². The quantitative estimate of drug-likeness (QED) is 0.432. The topological polar surface area (TPSA) is 44.9 Å². The van der Waals surface area contributed by atoms with Crippen molar-refractivity contribution in [2.24, 2.45) is 0 Å². The van der Waals surface area contributed by atoms with Crippen molar-refractivity contribution in [3.05, 3.63) is 94.8 Å². The van der Waals surface area contributed by atoms with Gasteiger partial charge in [-0.05, 0) is 48.1 Å². The summed E-state index contributed by atoms with van der Waals surface area (Å²) in [4.78, 5) is 7.19. The number of aromatic nitrogens is 2. The molecule has 2 aromatic heterocycles. The molecule has 0 bridgehead atoms. The Bertz CT molecular complexity index is 1280. The SMILES string of the molecule is CCC(c1ccccc1)n1cc(C)c2cc(C#N)nc(N3CCc4ccccc4C3)c21. The van der Waals surface area contributed by atoms with E-state index >= 15 is 0 Å². The molecule has 1 aliphatic heterocycles. The Balaban J connectivity index is 1.70. The number of fused-ring (bicyclic) bond motifs is 2. The van der Waals surface area contributed by atoms with Gasteiger partial charge in [-0.25, -0.2) is 4.98 Å². The number of hydrogen-bond donors (Lipinski definition) is 0. The first-order valence-electron chi connectivity index (χ1n) is 11.0. The van der Waals surface area contributed by atoms with Gasteiger partial charge in [0.05, 0.1) is 11.6 Å². The maximum atomic E-state index is 9.67. The molecule has 0 saturated heterocycles. The molecule has 4 aromatic rings. The fraction of sp³-hybridized carbons (Fsp3) is 0.259. The van der Waals surface area contributed by atoms with E-state index in [0.717, 1.165) is 42.7 Å². The van der Waals surface area contributed by atoms with E-state index in [1.165, 1.54) is 22.3 Å². The van der Waals surface area contributed by atoms with Crippen LogP contribution in [-0.4, -0.2) is 16.1 Å². The third-order valence-corrected chi connectivity index (χ3v) is 6.44. The second-order valence-corrected chi connectivity index (χ2v) is 8.33. The molecule has 31 heavy (non-hydrogen) atoms. The summed E-state index contributed by atoms with van der Waals surface area (Å²) >= 11 is 0. The van der Waals surface area contributed by atoms with Gasteiger partial charge in [-0.2, -0.15) is 5.26 Å². The van der Waals surface area contributed by atoms with Crippen LogP contribution in [0.15, 0.2) is 66.9 Å². The number of pyridine rings is 1. The van der Waals surface area contributed by atoms with Crippen LogP contribution in [0, 0.1) is 18.3 Å². The van der Waals surface area contributed by atoms with Crippen molar-refractivity contribution in [3.8, 4) is 6.07 Å². The van der Waals surface area contributed by atoms with Crippen LogP contribution in [0.25, 0.3) is 10.9 Å². The molecule has 1 atom stereocenters. The first kappa shape index (κ1) is 19.4. The van der Waals surface area contributed by atoms with Crippen molar-refractivity contribution >= 4 is 16.7 Å². The van der Waals surface area contributed by atoms with Crippen LogP contribution in [-0.2, 0) is 13.0 Å². The van der Waals surface area contributed by atoms with Crippen molar-refractivity contribution < 1.29 is 0 Å². The van der Waals surface area contributed by atoms with Gasteiger partial charge in [0.1, 0.15) is 11.8 Å². The van der Waals surface area contributed by atoms with Gasteiger partial charge < -0.3 is 9.47 Å². The van der Waals surface area contributed by atoms with E-state index in [1.54, 1.807) is 0 Å². The minimum absolute atomic E-state index is 0.225. The van der Waals surface area contributed by atoms with Crippen LogP contribution in [0.3, 0.4) is 0 Å². The zero-order valence-corrected chi connectivity index (χ0v) is 18.0. The van der Waals surface area contributed by atoms with Crippen molar-refractivity contribution in [1.29, 1.82) is 5.26 Å². The Morgan fingerprint density at radius 1 is 1.06 bits per heavy atom. The second-order valence-electron chi connectivity index (χ2n) is 8.33. The Labute approximate surface area is 183 Å². The molecule has 0 saturated carbocycles. The number of nitrogens with zero attached hydrogens (tertiary/aromatic N) is 4. The summed E-state index contributed by atoms with van der Waals surface area (Å²) in [5, 5.41) is 10.8. The van der Waals surface area contributed by atoms with Crippen LogP contribution >= 0.6 is 0 Å². The average Bonchev–Trinajstić information content (AvgIpc) is 3.15. The molecule has 1 aliphatic rings. The highest BCUT2D eigenvalue weighted by atomic mass is 15.2. The molecule has 5 rings (SSSR count). The number of aryl methyl sites for hydroxylation is 1. The molecular weight excluding hydrogens is 380 g/mol. The van der Waals surface area contributed by atoms with Crippen molar-refractivity contribution in [3.63, 3.8) is 0 Å². The Kier molecular flexibility index (Phi) is 4.95. The lowest BCUT2D eigenvalue weighted by Gasteiger charge is -2.31. The monoisotopic (exact) mass is 406 g/mol. The average molecular weight is 407 g/mol. The number of anilines is 1. The molecule has 0 fully saturated rings. The third kappa shape index (κ3) is 3.37. The van der Waals surface area contributed by atoms with Gasteiger partial charge in [-0.15, -0.1) is 0 Å². The predicted molar refractivity (Wildman–Crippen MR) is 125 cm³/mol. The van der Waals surface area contributed by atoms with Crippen molar-refractivity contribution in [2.45, 2.75) is 39.3 Å². The molecule has 0 radical (unpaired) electrons. The lowest BCUT2D eigenvalue weighted by molar-refractivity contribution is 0.583. The first-order chi connectivity index (χ1) is 15.2. The van der Waals surface area contributed by atoms with E-state index in [0.29, 0.717) is 5.69 Å². The molecule has 4 nitrogen and oxygen atoms in total. The maximum Gasteiger partial charge on any atom is 0.155 e. The molecule has 1 unspecified atom stereocenters. The maximum absolute atomic E-state index is 9.67. The van der Waals surface area contributed by atoms with Gasteiger partial charge >= 0.3 is 0 Å². The summed E-state index contributed by atoms with van der Waals surface area (Å²) in [6.07, 6.45) is 4.21. The van der Waals surface area contributed by atoms with Crippen LogP contribution < -0.4 is 4.90 Å². The van der Waals surface area contributed by atoms with Gasteiger partial charge in [-0.3, -0.25) is 0 Å². The molecule has 0 amide bonds. The van der Waals surface area contributed by atoms with Gasteiger partial charge in [0.15, 0.2) is 5.82 Å². The summed E-state index contributed by atoms with van der Waals surface area (Å²) in [5.41, 5.74) is 6.84. The van der Waals surface area contributed by atoms with Gasteiger partial charge in [0.25, 0.3) is 0 Å². The van der Waals surface area contributed by atoms with Crippen LogP contribution in [0.2, 0.25) is 0 Å². The molecular formula is C27H26N4. The smallest absolute Gasteiger partial charge is 0.155 e. The number of rotatable bonds is 4. The zero-order valence-electron chi connectivity index (χ0n) is 18.0. The van der Waals surface area contributed by atoms with Crippen LogP contribution in [0.5, 0.6) is 0 Å². The number of benzene rings is 2. The lowest BCUT2D eigenvalue weighted by Crippen LogP contribution is -2.31. The molecule has 0 N–H and O–H groups in total. The van der Waals surface area contributed by atoms with Gasteiger partial charge in [0, 0.05) is 24.7 Å². The number of hydrogen-bond acceptors (Lipinski definition) is 3. The lowest BCUT2D eigenvalue weighted by atomic mass is 9.99. The van der Waals surface area contributed by atoms with E-state index < -0.39 is 0 Å². The second kappa shape index (κ2) is 7.92. The molecule has 4 heteroatoms. The normalized spacial score (nSPS) is 14.3. The first-order valence-corrected chi connectivity index (χ1v) is 11.0. The summed E-state index contributed by atoms with van der Waals surface area (Å²) in [6.45, 7) is 6.08. The van der Waals surface area contributed by atoms with Gasteiger partial charge in [0.2, 0.25) is 0 Å². The predicted octanol–water partition coefficient (Wildman–Crippen LogP) is 5.78. The standard InChI is InChI=1S/C27H26N4/c1-3-25(21-10-5-4-6-11-21)31-17-19(2)24-15-23(16-28)29-27(26(24)31)30-14-13-20-9-7-8-12-22(20)18-30/h4-12,15,17,25H,3,13-14,18H2,1-2H3. The summed E-state index contributed by atoms with van der Waals surface area (Å²) < 4.78 is 2.38. The van der Waals surface area contributed by atoms with E-state index in [-0.39, 0.29) is 6.04 Å². The van der Waals surface area contributed by atoms with Crippen LogP contribution in [0.4, 0.5) is 5.82 Å². The highest BCUT2D eigenvalue weighted by molar-refractivity contribution is 5.93. The zero-order chi connectivity index (χ0) is 21.4. The minimum atomic E-state index is 0.225. The van der Waals surface area contributed by atoms with Crippen LogP contribution in [0.1, 0.15) is 47.3 Å².